The molecule has 4 nitrogen and oxygen atoms in total. The first-order valence-corrected chi connectivity index (χ1v) is 4.73. The molecule has 1 aliphatic carbocycles. The van der Waals surface area contributed by atoms with Gasteiger partial charge in [-0.05, 0) is 30.0 Å². The predicted octanol–water partition coefficient (Wildman–Crippen LogP) is 1.59. The van der Waals surface area contributed by atoms with Crippen LogP contribution in [0.3, 0.4) is 0 Å². The molecule has 2 rings (SSSR count). The van der Waals surface area contributed by atoms with E-state index in [1.54, 1.807) is 12.1 Å². The lowest BCUT2D eigenvalue weighted by atomic mass is 10.1. The van der Waals surface area contributed by atoms with Gasteiger partial charge in [0.1, 0.15) is 0 Å². The van der Waals surface area contributed by atoms with Crippen LogP contribution in [0.2, 0.25) is 0 Å². The Hall–Kier alpha value is -1.71. The molecule has 4 heteroatoms. The maximum atomic E-state index is 10.7. The number of hydrogen-bond donors (Lipinski definition) is 2. The zero-order valence-electron chi connectivity index (χ0n) is 8.30. The topological polar surface area (TPSA) is 66.8 Å². The van der Waals surface area contributed by atoms with Crippen LogP contribution >= 0.6 is 0 Å². The van der Waals surface area contributed by atoms with Crippen LogP contribution in [0.4, 0.5) is 0 Å². The van der Waals surface area contributed by atoms with Crippen molar-refractivity contribution in [3.05, 3.63) is 23.8 Å². The molecule has 1 aromatic rings. The number of carboxylic acids is 1. The van der Waals surface area contributed by atoms with Crippen LogP contribution in [0, 0.1) is 5.92 Å². The fourth-order valence-electron chi connectivity index (χ4n) is 1.76. The third-order valence-electron chi connectivity index (χ3n) is 2.74. The summed E-state index contributed by atoms with van der Waals surface area (Å²) in [7, 11) is 1.47. The molecule has 15 heavy (non-hydrogen) atoms. The quantitative estimate of drug-likeness (QED) is 0.791. The van der Waals surface area contributed by atoms with Crippen LogP contribution in [0.25, 0.3) is 0 Å². The first-order chi connectivity index (χ1) is 7.13. The van der Waals surface area contributed by atoms with Gasteiger partial charge in [0.25, 0.3) is 0 Å². The zero-order valence-corrected chi connectivity index (χ0v) is 8.30. The molecule has 0 aliphatic heterocycles. The summed E-state index contributed by atoms with van der Waals surface area (Å²) < 4.78 is 4.96. The third-order valence-corrected chi connectivity index (χ3v) is 2.74. The van der Waals surface area contributed by atoms with Gasteiger partial charge in [-0.15, -0.1) is 0 Å². The second-order valence-electron chi connectivity index (χ2n) is 3.72. The van der Waals surface area contributed by atoms with Crippen molar-refractivity contribution >= 4 is 5.97 Å². The highest BCUT2D eigenvalue weighted by atomic mass is 16.5. The molecule has 0 heterocycles. The van der Waals surface area contributed by atoms with Crippen molar-refractivity contribution in [3.8, 4) is 11.5 Å². The fourth-order valence-corrected chi connectivity index (χ4v) is 1.76. The van der Waals surface area contributed by atoms with Crippen LogP contribution in [-0.2, 0) is 4.79 Å². The number of phenolic OH excluding ortho intramolecular Hbond substituents is 1. The van der Waals surface area contributed by atoms with Gasteiger partial charge in [-0.1, -0.05) is 6.07 Å². The largest absolute Gasteiger partial charge is 0.504 e. The van der Waals surface area contributed by atoms with Gasteiger partial charge in [0.05, 0.1) is 13.0 Å². The lowest BCUT2D eigenvalue weighted by Crippen LogP contribution is -1.99. The Morgan fingerprint density at radius 1 is 1.53 bits per heavy atom. The Bertz CT molecular complexity index is 400. The normalized spacial score (nSPS) is 23.5. The number of hydrogen-bond acceptors (Lipinski definition) is 3. The van der Waals surface area contributed by atoms with Gasteiger partial charge in [-0.2, -0.15) is 0 Å². The van der Waals surface area contributed by atoms with Crippen LogP contribution < -0.4 is 4.74 Å². The Morgan fingerprint density at radius 3 is 2.80 bits per heavy atom. The van der Waals surface area contributed by atoms with Crippen LogP contribution in [-0.4, -0.2) is 23.3 Å². The van der Waals surface area contributed by atoms with Crippen molar-refractivity contribution in [1.29, 1.82) is 0 Å². The average Bonchev–Trinajstić information content (AvgIpc) is 2.98. The molecule has 80 valence electrons. The van der Waals surface area contributed by atoms with E-state index >= 15 is 0 Å². The molecule has 0 spiro atoms. The molecule has 0 aromatic heterocycles. The molecule has 1 fully saturated rings. The summed E-state index contributed by atoms with van der Waals surface area (Å²) in [5.41, 5.74) is 0.914. The summed E-state index contributed by atoms with van der Waals surface area (Å²) in [6.07, 6.45) is 0.670. The summed E-state index contributed by atoms with van der Waals surface area (Å²) in [4.78, 5) is 10.7. The van der Waals surface area contributed by atoms with Crippen molar-refractivity contribution < 1.29 is 19.7 Å². The minimum atomic E-state index is -0.757. The van der Waals surface area contributed by atoms with E-state index in [9.17, 15) is 9.90 Å². The third kappa shape index (κ3) is 1.75. The highest BCUT2D eigenvalue weighted by Crippen LogP contribution is 2.48. The number of methoxy groups -OCH3 is 1. The summed E-state index contributed by atoms with van der Waals surface area (Å²) in [5.74, 6) is -0.499. The number of phenols is 1. The van der Waals surface area contributed by atoms with Crippen LogP contribution in [0.1, 0.15) is 17.9 Å². The molecule has 0 saturated heterocycles. The van der Waals surface area contributed by atoms with E-state index in [2.05, 4.69) is 0 Å². The van der Waals surface area contributed by atoms with Gasteiger partial charge in [0, 0.05) is 0 Å². The number of ether oxygens (including phenoxy) is 1. The van der Waals surface area contributed by atoms with Gasteiger partial charge in [-0.3, -0.25) is 4.79 Å². The number of aromatic hydroxyl groups is 1. The van der Waals surface area contributed by atoms with E-state index in [1.807, 2.05) is 0 Å². The van der Waals surface area contributed by atoms with Gasteiger partial charge in [-0.25, -0.2) is 0 Å². The van der Waals surface area contributed by atoms with Crippen LogP contribution in [0.5, 0.6) is 11.5 Å². The zero-order chi connectivity index (χ0) is 11.0. The minimum Gasteiger partial charge on any atom is -0.504 e. The molecular weight excluding hydrogens is 196 g/mol. The molecule has 0 bridgehead atoms. The van der Waals surface area contributed by atoms with Crippen LogP contribution in [0.15, 0.2) is 18.2 Å². The van der Waals surface area contributed by atoms with E-state index in [-0.39, 0.29) is 17.6 Å². The smallest absolute Gasteiger partial charge is 0.307 e. The Labute approximate surface area is 87.1 Å². The number of aliphatic carboxylic acids is 1. The molecule has 1 aromatic carbocycles. The highest BCUT2D eigenvalue weighted by Gasteiger charge is 2.44. The van der Waals surface area contributed by atoms with Gasteiger partial charge >= 0.3 is 5.97 Å². The first-order valence-electron chi connectivity index (χ1n) is 4.73. The molecule has 2 unspecified atom stereocenters. The maximum Gasteiger partial charge on any atom is 0.307 e. The monoisotopic (exact) mass is 208 g/mol. The summed E-state index contributed by atoms with van der Waals surface area (Å²) >= 11 is 0. The SMILES string of the molecule is COc1cc(C2CC2C(=O)O)ccc1O. The number of benzene rings is 1. The van der Waals surface area contributed by atoms with Crippen molar-refractivity contribution in [2.45, 2.75) is 12.3 Å². The van der Waals surface area contributed by atoms with E-state index in [0.29, 0.717) is 12.2 Å². The van der Waals surface area contributed by atoms with Crippen molar-refractivity contribution in [1.82, 2.24) is 0 Å². The lowest BCUT2D eigenvalue weighted by molar-refractivity contribution is -0.138. The summed E-state index contributed by atoms with van der Waals surface area (Å²) in [5, 5.41) is 18.2. The molecule has 2 atom stereocenters. The van der Waals surface area contributed by atoms with Crippen molar-refractivity contribution in [2.24, 2.45) is 5.92 Å². The first kappa shape index (κ1) is 9.83. The molecule has 0 amide bonds. The van der Waals surface area contributed by atoms with Gasteiger partial charge in [0.15, 0.2) is 11.5 Å². The second kappa shape index (κ2) is 3.46. The fraction of sp³-hybridized carbons (Fsp3) is 0.364. The Kier molecular flexibility index (Phi) is 2.26. The molecule has 2 N–H and O–H groups in total. The van der Waals surface area contributed by atoms with Gasteiger partial charge < -0.3 is 14.9 Å². The van der Waals surface area contributed by atoms with E-state index in [1.165, 1.54) is 13.2 Å². The lowest BCUT2D eigenvalue weighted by Gasteiger charge is -2.05. The van der Waals surface area contributed by atoms with Gasteiger partial charge in [0.2, 0.25) is 0 Å². The van der Waals surface area contributed by atoms with E-state index in [4.69, 9.17) is 9.84 Å². The van der Waals surface area contributed by atoms with Crippen molar-refractivity contribution in [2.75, 3.05) is 7.11 Å². The predicted molar refractivity (Wildman–Crippen MR) is 53.1 cm³/mol. The number of carbonyl (C=O) groups is 1. The van der Waals surface area contributed by atoms with E-state index in [0.717, 1.165) is 5.56 Å². The Morgan fingerprint density at radius 2 is 2.27 bits per heavy atom. The second-order valence-corrected chi connectivity index (χ2v) is 3.72. The molecule has 1 saturated carbocycles. The maximum absolute atomic E-state index is 10.7. The molecule has 1 aliphatic rings. The average molecular weight is 208 g/mol. The minimum absolute atomic E-state index is 0.0667. The highest BCUT2D eigenvalue weighted by molar-refractivity contribution is 5.75. The number of carboxylic acid groups (broad SMARTS) is 1. The standard InChI is InChI=1S/C11H12O4/c1-15-10-4-6(2-3-9(10)12)7-5-8(7)11(13)14/h2-4,7-8,12H,5H2,1H3,(H,13,14). The summed E-state index contributed by atoms with van der Waals surface area (Å²) in [6.45, 7) is 0. The molecular formula is C11H12O4. The van der Waals surface area contributed by atoms with E-state index < -0.39 is 5.97 Å². The Balaban J connectivity index is 2.21. The van der Waals surface area contributed by atoms with Crippen molar-refractivity contribution in [3.63, 3.8) is 0 Å². The summed E-state index contributed by atoms with van der Waals surface area (Å²) in [6, 6.07) is 4.97. The molecule has 0 radical (unpaired) electrons. The number of rotatable bonds is 3.